The van der Waals surface area contributed by atoms with Crippen molar-refractivity contribution in [1.82, 2.24) is 0 Å². The van der Waals surface area contributed by atoms with Crippen LogP contribution in [-0.2, 0) is 57.9 Å². The molecule has 0 aliphatic rings. The van der Waals surface area contributed by atoms with Crippen LogP contribution in [0.15, 0.2) is 60.7 Å². The van der Waals surface area contributed by atoms with E-state index in [1.165, 1.54) is 0 Å². The zero-order valence-electron chi connectivity index (χ0n) is 6.76. The summed E-state index contributed by atoms with van der Waals surface area (Å²) in [5.74, 6) is 0. The average Bonchev–Trinajstić information content (AvgIpc) is 2.67. The van der Waals surface area contributed by atoms with Crippen LogP contribution in [0.25, 0.3) is 0 Å². The minimum atomic E-state index is 0. The van der Waals surface area contributed by atoms with E-state index in [-0.39, 0.29) is 57.9 Å². The van der Waals surface area contributed by atoms with Gasteiger partial charge in [-0.25, -0.2) is 24.3 Å². The topological polar surface area (TPSA) is 0 Å². The molecule has 78 valence electrons. The van der Waals surface area contributed by atoms with Crippen molar-refractivity contribution in [3.05, 3.63) is 60.7 Å². The Kier molecular flexibility index (Phi) is 22.2. The maximum atomic E-state index is 2.00. The maximum absolute atomic E-state index is 2.00. The van der Waals surface area contributed by atoms with E-state index in [0.29, 0.717) is 0 Å². The summed E-state index contributed by atoms with van der Waals surface area (Å²) in [6.07, 6.45) is 0. The first kappa shape index (κ1) is 19.2. The van der Waals surface area contributed by atoms with Gasteiger partial charge in [0, 0.05) is 40.8 Å². The largest absolute Gasteiger partial charge is 2.00 e. The molecule has 0 aliphatic carbocycles. The summed E-state index contributed by atoms with van der Waals surface area (Å²) in [6, 6.07) is 20.0. The van der Waals surface area contributed by atoms with Gasteiger partial charge < -0.3 is 0 Å². The minimum absolute atomic E-state index is 0. The van der Waals surface area contributed by atoms with Crippen molar-refractivity contribution in [2.45, 2.75) is 0 Å². The summed E-state index contributed by atoms with van der Waals surface area (Å²) in [5.41, 5.74) is 0. The Bertz CT molecular complexity index is 152. The van der Waals surface area contributed by atoms with Gasteiger partial charge in [0.05, 0.1) is 0 Å². The van der Waals surface area contributed by atoms with Crippen molar-refractivity contribution in [3.8, 4) is 0 Å². The van der Waals surface area contributed by atoms with Crippen molar-refractivity contribution >= 4 is 0 Å². The second-order valence-corrected chi connectivity index (χ2v) is 1.92. The monoisotopic (exact) mass is 398 g/mol. The quantitative estimate of drug-likeness (QED) is 0.473. The van der Waals surface area contributed by atoms with Gasteiger partial charge >= 0.3 is 17.1 Å². The van der Waals surface area contributed by atoms with Crippen molar-refractivity contribution in [1.29, 1.82) is 0 Å². The third-order valence-electron chi connectivity index (χ3n) is 1.11. The summed E-state index contributed by atoms with van der Waals surface area (Å²) in [5, 5.41) is 0. The molecule has 2 aromatic carbocycles. The van der Waals surface area contributed by atoms with Crippen molar-refractivity contribution < 1.29 is 57.9 Å². The van der Waals surface area contributed by atoms with E-state index >= 15 is 0 Å². The van der Waals surface area contributed by atoms with Crippen LogP contribution >= 0.6 is 0 Å². The number of hydrogen-bond acceptors (Lipinski definition) is 0. The van der Waals surface area contributed by atoms with Crippen LogP contribution in [0.5, 0.6) is 0 Å². The molecule has 0 radical (unpaired) electrons. The fraction of sp³-hybridized carbons (Fsp3) is 0. The third kappa shape index (κ3) is 12.5. The molecule has 0 N–H and O–H groups in total. The van der Waals surface area contributed by atoms with Gasteiger partial charge in [-0.2, -0.15) is 36.4 Å². The first-order chi connectivity index (χ1) is 5.00. The molecular weight excluding hydrogens is 389 g/mol. The molecule has 0 aliphatic heterocycles. The van der Waals surface area contributed by atoms with Crippen LogP contribution in [0, 0.1) is 0 Å². The second kappa shape index (κ2) is 15.0. The van der Waals surface area contributed by atoms with E-state index in [4.69, 9.17) is 0 Å². The van der Waals surface area contributed by atoms with Crippen LogP contribution in [0.2, 0.25) is 0 Å². The average molecular weight is 399 g/mol. The smallest absolute Gasteiger partial charge is 0.214 e. The van der Waals surface area contributed by atoms with Crippen molar-refractivity contribution in [2.24, 2.45) is 0 Å². The van der Waals surface area contributed by atoms with E-state index in [0.717, 1.165) is 0 Å². The molecule has 0 saturated carbocycles. The molecule has 2 rings (SSSR count). The molecule has 0 heterocycles. The predicted octanol–water partition coefficient (Wildman–Crippen LogP) is 2.80. The maximum Gasteiger partial charge on any atom is 2.00 e. The molecule has 13 heavy (non-hydrogen) atoms. The Morgan fingerprint density at radius 2 is 0.769 bits per heavy atom. The number of hydrogen-bond donors (Lipinski definition) is 0. The molecule has 0 fully saturated rings. The van der Waals surface area contributed by atoms with Crippen molar-refractivity contribution in [3.63, 3.8) is 0 Å². The fourth-order valence-electron chi connectivity index (χ4n) is 0.642. The van der Waals surface area contributed by atoms with Crippen LogP contribution in [0.3, 0.4) is 0 Å². The van der Waals surface area contributed by atoms with E-state index in [1.807, 2.05) is 60.7 Å². The fourth-order valence-corrected chi connectivity index (χ4v) is 0.642. The molecule has 0 saturated heterocycles. The van der Waals surface area contributed by atoms with Crippen LogP contribution < -0.4 is 0 Å². The molecule has 0 amide bonds. The predicted molar refractivity (Wildman–Crippen MR) is 44.1 cm³/mol. The molecule has 3 heteroatoms. The summed E-state index contributed by atoms with van der Waals surface area (Å²) >= 11 is 0. The molecule has 0 bridgehead atoms. The summed E-state index contributed by atoms with van der Waals surface area (Å²) < 4.78 is 0. The second-order valence-electron chi connectivity index (χ2n) is 1.92. The molecule has 0 unspecified atom stereocenters. The van der Waals surface area contributed by atoms with E-state index < -0.39 is 0 Å². The van der Waals surface area contributed by atoms with Gasteiger partial charge in [-0.1, -0.05) is 0 Å². The molecule has 0 atom stereocenters. The Hall–Kier alpha value is 0.544. The van der Waals surface area contributed by atoms with E-state index in [2.05, 4.69) is 0 Å². The molecule has 0 spiro atoms. The van der Waals surface area contributed by atoms with Crippen molar-refractivity contribution in [2.75, 3.05) is 0 Å². The minimum Gasteiger partial charge on any atom is -0.214 e. The van der Waals surface area contributed by atoms with E-state index in [9.17, 15) is 0 Å². The standard InChI is InChI=1S/2C5H5.Fe.2Pd/c2*1-2-4-5-3-1;;;/h2*1-5H;;;/q2*-1;+2;;. The molecule has 0 aromatic heterocycles. The van der Waals surface area contributed by atoms with Gasteiger partial charge in [0.1, 0.15) is 0 Å². The van der Waals surface area contributed by atoms with Crippen LogP contribution in [0.4, 0.5) is 0 Å². The Morgan fingerprint density at radius 1 is 0.538 bits per heavy atom. The zero-order chi connectivity index (χ0) is 7.07. The first-order valence-electron chi connectivity index (χ1n) is 3.33. The SMILES string of the molecule is [Fe+2].[Pd].[Pd].c1cc[cH-]c1.c1cc[cH-]c1. The summed E-state index contributed by atoms with van der Waals surface area (Å²) in [6.45, 7) is 0. The molecule has 2 aromatic rings. The normalized spacial score (nSPS) is 6.15. The summed E-state index contributed by atoms with van der Waals surface area (Å²) in [4.78, 5) is 0. The van der Waals surface area contributed by atoms with Gasteiger partial charge in [-0.15, -0.1) is 0 Å². The molecule has 0 nitrogen and oxygen atoms in total. The Balaban J connectivity index is -0.000000125. The Labute approximate surface area is 118 Å². The van der Waals surface area contributed by atoms with Crippen LogP contribution in [0.1, 0.15) is 0 Å². The van der Waals surface area contributed by atoms with Gasteiger partial charge in [0.25, 0.3) is 0 Å². The zero-order valence-corrected chi connectivity index (χ0v) is 11.0. The van der Waals surface area contributed by atoms with Gasteiger partial charge in [-0.05, 0) is 0 Å². The van der Waals surface area contributed by atoms with Gasteiger partial charge in [-0.3, -0.25) is 0 Å². The third-order valence-corrected chi connectivity index (χ3v) is 1.11. The van der Waals surface area contributed by atoms with E-state index in [1.54, 1.807) is 0 Å². The summed E-state index contributed by atoms with van der Waals surface area (Å²) in [7, 11) is 0. The first-order valence-corrected chi connectivity index (χ1v) is 3.33. The van der Waals surface area contributed by atoms with Gasteiger partial charge in [0.2, 0.25) is 0 Å². The molecular formula is C10H10FePd2. The Morgan fingerprint density at radius 3 is 0.846 bits per heavy atom. The number of rotatable bonds is 0. The van der Waals surface area contributed by atoms with Crippen LogP contribution in [-0.4, -0.2) is 0 Å². The van der Waals surface area contributed by atoms with Gasteiger partial charge in [0.15, 0.2) is 0 Å².